The Hall–Kier alpha value is -3.98. The van der Waals surface area contributed by atoms with Crippen LogP contribution in [0.1, 0.15) is 59.3 Å². The maximum atomic E-state index is 15.5. The Morgan fingerprint density at radius 1 is 0.860 bits per heavy atom. The van der Waals surface area contributed by atoms with Crippen LogP contribution in [0.25, 0.3) is 11.3 Å². The zero-order chi connectivity index (χ0) is 29.7. The lowest BCUT2D eigenvalue weighted by atomic mass is 9.88. The summed E-state index contributed by atoms with van der Waals surface area (Å²) in [5.41, 5.74) is 4.03. The SMILES string of the molecule is CN1CCC(c2ccc(Cc3ncc(F)c(-c4cc(F)c5c(c4)N(C4CCc6ccc(F)cc64)CCO5)n3)cc2F)CC1. The van der Waals surface area contributed by atoms with Crippen molar-refractivity contribution < 1.29 is 22.3 Å². The molecule has 1 unspecified atom stereocenters. The number of halogens is 4. The number of aryl methyl sites for hydroxylation is 1. The third-order valence-electron chi connectivity index (χ3n) is 9.10. The number of likely N-dealkylation sites (tertiary alicyclic amines) is 1. The van der Waals surface area contributed by atoms with E-state index in [1.807, 2.05) is 17.0 Å². The van der Waals surface area contributed by atoms with Crippen molar-refractivity contribution >= 4 is 5.69 Å². The average Bonchev–Trinajstić information content (AvgIpc) is 3.41. The van der Waals surface area contributed by atoms with Crippen molar-refractivity contribution in [1.29, 1.82) is 0 Å². The van der Waals surface area contributed by atoms with Crippen LogP contribution in [0, 0.1) is 23.3 Å². The lowest BCUT2D eigenvalue weighted by Gasteiger charge is -2.37. The molecule has 0 N–H and O–H groups in total. The fourth-order valence-corrected chi connectivity index (χ4v) is 6.84. The summed E-state index contributed by atoms with van der Waals surface area (Å²) in [7, 11) is 2.08. The second kappa shape index (κ2) is 11.3. The molecule has 222 valence electrons. The van der Waals surface area contributed by atoms with Crippen LogP contribution in [0.5, 0.6) is 5.75 Å². The third kappa shape index (κ3) is 5.35. The molecule has 3 heterocycles. The van der Waals surface area contributed by atoms with Gasteiger partial charge in [-0.15, -0.1) is 0 Å². The van der Waals surface area contributed by atoms with Crippen LogP contribution in [-0.4, -0.2) is 48.2 Å². The number of piperidine rings is 1. The number of fused-ring (bicyclic) bond motifs is 2. The first-order valence-electron chi connectivity index (χ1n) is 14.8. The molecule has 0 bridgehead atoms. The highest BCUT2D eigenvalue weighted by atomic mass is 19.1. The summed E-state index contributed by atoms with van der Waals surface area (Å²) in [5, 5.41) is 0. The number of hydrogen-bond donors (Lipinski definition) is 0. The first kappa shape index (κ1) is 27.8. The lowest BCUT2D eigenvalue weighted by molar-refractivity contribution is 0.253. The fourth-order valence-electron chi connectivity index (χ4n) is 6.84. The van der Waals surface area contributed by atoms with Crippen molar-refractivity contribution in [3.63, 3.8) is 0 Å². The van der Waals surface area contributed by atoms with E-state index < -0.39 is 11.6 Å². The molecule has 7 rings (SSSR count). The summed E-state index contributed by atoms with van der Waals surface area (Å²) in [4.78, 5) is 12.9. The number of nitrogens with zero attached hydrogens (tertiary/aromatic N) is 4. The monoisotopic (exact) mass is 588 g/mol. The van der Waals surface area contributed by atoms with Gasteiger partial charge >= 0.3 is 0 Å². The van der Waals surface area contributed by atoms with Crippen LogP contribution >= 0.6 is 0 Å². The van der Waals surface area contributed by atoms with Crippen molar-refractivity contribution in [2.75, 3.05) is 38.2 Å². The Morgan fingerprint density at radius 2 is 1.70 bits per heavy atom. The van der Waals surface area contributed by atoms with E-state index in [1.165, 1.54) is 18.2 Å². The van der Waals surface area contributed by atoms with Gasteiger partial charge in [0.15, 0.2) is 17.4 Å². The highest BCUT2D eigenvalue weighted by Gasteiger charge is 2.34. The zero-order valence-corrected chi connectivity index (χ0v) is 23.9. The number of hydrogen-bond acceptors (Lipinski definition) is 5. The second-order valence-corrected chi connectivity index (χ2v) is 11.8. The molecule has 0 radical (unpaired) electrons. The molecule has 5 nitrogen and oxygen atoms in total. The minimum Gasteiger partial charge on any atom is -0.486 e. The molecule has 1 aromatic heterocycles. The topological polar surface area (TPSA) is 41.5 Å². The van der Waals surface area contributed by atoms with Crippen LogP contribution in [0.4, 0.5) is 23.2 Å². The van der Waals surface area contributed by atoms with E-state index in [1.54, 1.807) is 18.2 Å². The molecule has 4 aromatic rings. The van der Waals surface area contributed by atoms with E-state index >= 15 is 13.2 Å². The van der Waals surface area contributed by atoms with Crippen LogP contribution in [-0.2, 0) is 12.8 Å². The molecule has 1 aliphatic carbocycles. The standard InChI is InChI=1S/C34H32F4N4O/c1-41-10-8-22(9-11-41)25-6-2-20(14-27(25)36)15-32-39-19-29(38)33(40-32)23-16-28(37)34-31(17-23)42(12-13-43-34)30-7-4-21-3-5-24(35)18-26(21)30/h2-3,5-6,14,16-19,22,30H,4,7-13,15H2,1H3. The molecule has 0 saturated carbocycles. The normalized spacial score (nSPS) is 18.8. The number of ether oxygens (including phenoxy) is 1. The molecule has 3 aliphatic rings. The quantitative estimate of drug-likeness (QED) is 0.235. The van der Waals surface area contributed by atoms with Crippen LogP contribution < -0.4 is 9.64 Å². The number of rotatable bonds is 5. The van der Waals surface area contributed by atoms with Crippen molar-refractivity contribution in [1.82, 2.24) is 14.9 Å². The maximum Gasteiger partial charge on any atom is 0.178 e. The Labute approximate surface area is 248 Å². The number of aromatic nitrogens is 2. The summed E-state index contributed by atoms with van der Waals surface area (Å²) >= 11 is 0. The number of anilines is 1. The van der Waals surface area contributed by atoms with Gasteiger partial charge in [-0.3, -0.25) is 0 Å². The van der Waals surface area contributed by atoms with E-state index in [0.717, 1.165) is 61.7 Å². The third-order valence-corrected chi connectivity index (χ3v) is 9.10. The van der Waals surface area contributed by atoms with E-state index in [0.29, 0.717) is 23.6 Å². The molecule has 1 fully saturated rings. The smallest absolute Gasteiger partial charge is 0.178 e. The van der Waals surface area contributed by atoms with Gasteiger partial charge in [0.1, 0.15) is 29.8 Å². The van der Waals surface area contributed by atoms with Gasteiger partial charge in [-0.05, 0) is 104 Å². The molecular formula is C34H32F4N4O. The number of benzene rings is 3. The minimum atomic E-state index is -0.691. The fraction of sp³-hybridized carbons (Fsp3) is 0.353. The van der Waals surface area contributed by atoms with Gasteiger partial charge in [-0.2, -0.15) is 0 Å². The molecule has 9 heteroatoms. The molecule has 3 aromatic carbocycles. The molecule has 0 amide bonds. The summed E-state index contributed by atoms with van der Waals surface area (Å²) in [5.74, 6) is -1.29. The first-order valence-corrected chi connectivity index (χ1v) is 14.8. The summed E-state index contributed by atoms with van der Waals surface area (Å²) in [6.45, 7) is 2.65. The van der Waals surface area contributed by atoms with E-state index in [-0.39, 0.29) is 53.6 Å². The van der Waals surface area contributed by atoms with Crippen molar-refractivity contribution in [3.8, 4) is 17.0 Å². The Kier molecular flexibility index (Phi) is 7.29. The molecule has 43 heavy (non-hydrogen) atoms. The predicted octanol–water partition coefficient (Wildman–Crippen LogP) is 6.99. The van der Waals surface area contributed by atoms with Crippen LogP contribution in [0.15, 0.2) is 54.7 Å². The van der Waals surface area contributed by atoms with E-state index in [4.69, 9.17) is 4.74 Å². The molecule has 1 saturated heterocycles. The molecule has 1 atom stereocenters. The Bertz CT molecular complexity index is 1690. The van der Waals surface area contributed by atoms with Crippen LogP contribution in [0.3, 0.4) is 0 Å². The van der Waals surface area contributed by atoms with Gasteiger partial charge in [-0.1, -0.05) is 18.2 Å². The van der Waals surface area contributed by atoms with Gasteiger partial charge in [0, 0.05) is 12.0 Å². The lowest BCUT2D eigenvalue weighted by Crippen LogP contribution is -2.35. The first-order chi connectivity index (χ1) is 20.8. The minimum absolute atomic E-state index is 0.0430. The van der Waals surface area contributed by atoms with Gasteiger partial charge in [-0.25, -0.2) is 27.5 Å². The second-order valence-electron chi connectivity index (χ2n) is 11.8. The highest BCUT2D eigenvalue weighted by Crippen LogP contribution is 2.45. The van der Waals surface area contributed by atoms with Crippen molar-refractivity contribution in [2.45, 2.75) is 44.1 Å². The Morgan fingerprint density at radius 3 is 2.51 bits per heavy atom. The van der Waals surface area contributed by atoms with Gasteiger partial charge in [0.2, 0.25) is 0 Å². The largest absolute Gasteiger partial charge is 0.486 e. The average molecular weight is 589 g/mol. The zero-order valence-electron chi connectivity index (χ0n) is 23.9. The Balaban J connectivity index is 1.18. The molecular weight excluding hydrogens is 556 g/mol. The van der Waals surface area contributed by atoms with Crippen molar-refractivity contribution in [3.05, 3.63) is 106 Å². The van der Waals surface area contributed by atoms with Crippen molar-refractivity contribution in [2.24, 2.45) is 0 Å². The summed E-state index contributed by atoms with van der Waals surface area (Å²) in [6, 6.07) is 12.8. The highest BCUT2D eigenvalue weighted by molar-refractivity contribution is 5.73. The van der Waals surface area contributed by atoms with Gasteiger partial charge in [0.05, 0.1) is 24.5 Å². The van der Waals surface area contributed by atoms with E-state index in [9.17, 15) is 4.39 Å². The van der Waals surface area contributed by atoms with Gasteiger partial charge in [0.25, 0.3) is 0 Å². The maximum absolute atomic E-state index is 15.5. The van der Waals surface area contributed by atoms with Crippen LogP contribution in [0.2, 0.25) is 0 Å². The molecule has 0 spiro atoms. The summed E-state index contributed by atoms with van der Waals surface area (Å²) in [6.07, 6.45) is 4.65. The molecule has 2 aliphatic heterocycles. The summed E-state index contributed by atoms with van der Waals surface area (Å²) < 4.78 is 65.6. The predicted molar refractivity (Wildman–Crippen MR) is 156 cm³/mol. The van der Waals surface area contributed by atoms with E-state index in [2.05, 4.69) is 21.9 Å². The van der Waals surface area contributed by atoms with Gasteiger partial charge < -0.3 is 14.5 Å².